The van der Waals surface area contributed by atoms with Crippen LogP contribution in [0.15, 0.2) is 18.2 Å². The number of hydrogen-bond acceptors (Lipinski definition) is 3. The van der Waals surface area contributed by atoms with Gasteiger partial charge in [-0.15, -0.1) is 0 Å². The van der Waals surface area contributed by atoms with Gasteiger partial charge in [0.25, 0.3) is 5.91 Å². The predicted octanol–water partition coefficient (Wildman–Crippen LogP) is 2.57. The van der Waals surface area contributed by atoms with E-state index in [2.05, 4.69) is 21.4 Å². The fourth-order valence-electron chi connectivity index (χ4n) is 1.86. The third-order valence-electron chi connectivity index (χ3n) is 2.99. The van der Waals surface area contributed by atoms with Crippen molar-refractivity contribution in [1.29, 1.82) is 0 Å². The predicted molar refractivity (Wildman–Crippen MR) is 71.0 cm³/mol. The molecule has 0 saturated carbocycles. The van der Waals surface area contributed by atoms with Gasteiger partial charge in [0.1, 0.15) is 0 Å². The SMILES string of the molecule is CC1C(=O)NOc2cc(C(=O)CCCBr)ccc21. The van der Waals surface area contributed by atoms with Gasteiger partial charge in [-0.3, -0.25) is 9.59 Å². The second kappa shape index (κ2) is 5.52. The minimum atomic E-state index is -0.250. The third-order valence-corrected chi connectivity index (χ3v) is 3.56. The van der Waals surface area contributed by atoms with Crippen LogP contribution in [0.25, 0.3) is 0 Å². The summed E-state index contributed by atoms with van der Waals surface area (Å²) in [7, 11) is 0. The van der Waals surface area contributed by atoms with Gasteiger partial charge in [-0.25, -0.2) is 0 Å². The van der Waals surface area contributed by atoms with Crippen molar-refractivity contribution < 1.29 is 14.4 Å². The van der Waals surface area contributed by atoms with Crippen molar-refractivity contribution in [3.05, 3.63) is 29.3 Å². The molecule has 96 valence electrons. The smallest absolute Gasteiger partial charge is 0.259 e. The highest BCUT2D eigenvalue weighted by Gasteiger charge is 2.25. The Morgan fingerprint density at radius 3 is 3.00 bits per heavy atom. The summed E-state index contributed by atoms with van der Waals surface area (Å²) >= 11 is 3.30. The number of hydroxylamine groups is 1. The summed E-state index contributed by atoms with van der Waals surface area (Å²) in [5.41, 5.74) is 3.78. The van der Waals surface area contributed by atoms with Gasteiger partial charge in [-0.1, -0.05) is 28.1 Å². The van der Waals surface area contributed by atoms with E-state index in [9.17, 15) is 9.59 Å². The number of Topliss-reactive ketones (excluding diaryl/α,β-unsaturated/α-hetero) is 1. The molecule has 1 aromatic rings. The molecule has 1 atom stereocenters. The largest absolute Gasteiger partial charge is 0.379 e. The second-order valence-corrected chi connectivity index (χ2v) is 5.05. The lowest BCUT2D eigenvalue weighted by atomic mass is 9.95. The molecule has 1 aliphatic rings. The summed E-state index contributed by atoms with van der Waals surface area (Å²) in [6.07, 6.45) is 1.32. The molecule has 1 amide bonds. The van der Waals surface area contributed by atoms with Gasteiger partial charge in [-0.2, -0.15) is 5.48 Å². The number of rotatable bonds is 4. The van der Waals surface area contributed by atoms with Crippen LogP contribution in [0.5, 0.6) is 5.75 Å². The third kappa shape index (κ3) is 2.56. The van der Waals surface area contributed by atoms with Crippen LogP contribution in [-0.2, 0) is 4.79 Å². The van der Waals surface area contributed by atoms with Crippen LogP contribution in [0.2, 0.25) is 0 Å². The lowest BCUT2D eigenvalue weighted by Crippen LogP contribution is -2.35. The normalized spacial score (nSPS) is 17.7. The molecule has 0 spiro atoms. The van der Waals surface area contributed by atoms with Crippen LogP contribution in [0.1, 0.15) is 41.6 Å². The monoisotopic (exact) mass is 311 g/mol. The Labute approximate surface area is 114 Å². The fraction of sp³-hybridized carbons (Fsp3) is 0.385. The summed E-state index contributed by atoms with van der Waals surface area (Å²) in [5.74, 6) is 0.235. The molecule has 0 fully saturated rings. The van der Waals surface area contributed by atoms with Gasteiger partial charge < -0.3 is 4.84 Å². The number of carbonyl (C=O) groups is 2. The maximum absolute atomic E-state index is 11.9. The van der Waals surface area contributed by atoms with E-state index in [0.29, 0.717) is 17.7 Å². The molecule has 2 rings (SSSR count). The Morgan fingerprint density at radius 1 is 1.50 bits per heavy atom. The highest BCUT2D eigenvalue weighted by molar-refractivity contribution is 9.09. The molecule has 0 radical (unpaired) electrons. The molecule has 5 heteroatoms. The molecule has 0 saturated heterocycles. The number of halogens is 1. The number of fused-ring (bicyclic) bond motifs is 1. The van der Waals surface area contributed by atoms with E-state index in [1.165, 1.54) is 0 Å². The average molecular weight is 312 g/mol. The Balaban J connectivity index is 2.22. The Morgan fingerprint density at radius 2 is 2.28 bits per heavy atom. The van der Waals surface area contributed by atoms with Crippen molar-refractivity contribution in [1.82, 2.24) is 5.48 Å². The van der Waals surface area contributed by atoms with E-state index < -0.39 is 0 Å². The van der Waals surface area contributed by atoms with Gasteiger partial charge in [0, 0.05) is 22.9 Å². The van der Waals surface area contributed by atoms with Gasteiger partial charge in [0.15, 0.2) is 11.5 Å². The van der Waals surface area contributed by atoms with E-state index in [1.807, 2.05) is 6.92 Å². The standard InChI is InChI=1S/C13H14BrNO3/c1-8-10-5-4-9(11(16)3-2-6-14)7-12(10)18-15-13(8)17/h4-5,7-8H,2-3,6H2,1H3,(H,15,17). The molecular weight excluding hydrogens is 298 g/mol. The first-order valence-corrected chi connectivity index (χ1v) is 6.95. The lowest BCUT2D eigenvalue weighted by Gasteiger charge is -2.22. The number of amides is 1. The average Bonchev–Trinajstić information content (AvgIpc) is 2.40. The van der Waals surface area contributed by atoms with Gasteiger partial charge in [0.2, 0.25) is 0 Å². The van der Waals surface area contributed by atoms with Crippen molar-refractivity contribution in [3.8, 4) is 5.75 Å². The van der Waals surface area contributed by atoms with Crippen LogP contribution in [0.3, 0.4) is 0 Å². The van der Waals surface area contributed by atoms with E-state index in [-0.39, 0.29) is 17.6 Å². The Bertz CT molecular complexity index is 487. The molecule has 1 unspecified atom stereocenters. The zero-order valence-corrected chi connectivity index (χ0v) is 11.6. The number of hydrogen-bond donors (Lipinski definition) is 1. The molecule has 0 aromatic heterocycles. The van der Waals surface area contributed by atoms with Crippen molar-refractivity contribution in [3.63, 3.8) is 0 Å². The van der Waals surface area contributed by atoms with Crippen LogP contribution >= 0.6 is 15.9 Å². The van der Waals surface area contributed by atoms with E-state index >= 15 is 0 Å². The molecule has 1 aliphatic heterocycles. The van der Waals surface area contributed by atoms with Gasteiger partial charge >= 0.3 is 0 Å². The number of alkyl halides is 1. The zero-order valence-electron chi connectivity index (χ0n) is 10.0. The molecule has 1 heterocycles. The minimum absolute atomic E-state index is 0.0883. The fourth-order valence-corrected chi connectivity index (χ4v) is 2.14. The summed E-state index contributed by atoms with van der Waals surface area (Å²) < 4.78 is 0. The Hall–Kier alpha value is -1.36. The molecule has 18 heavy (non-hydrogen) atoms. The highest BCUT2D eigenvalue weighted by Crippen LogP contribution is 2.31. The van der Waals surface area contributed by atoms with Crippen LogP contribution < -0.4 is 10.3 Å². The van der Waals surface area contributed by atoms with Crippen molar-refractivity contribution in [2.45, 2.75) is 25.7 Å². The lowest BCUT2D eigenvalue weighted by molar-refractivity contribution is -0.130. The second-order valence-electron chi connectivity index (χ2n) is 4.26. The summed E-state index contributed by atoms with van der Waals surface area (Å²) in [5, 5.41) is 0.813. The van der Waals surface area contributed by atoms with Crippen molar-refractivity contribution in [2.24, 2.45) is 0 Å². The van der Waals surface area contributed by atoms with Crippen molar-refractivity contribution in [2.75, 3.05) is 5.33 Å². The summed E-state index contributed by atoms with van der Waals surface area (Å²) in [6.45, 7) is 1.81. The van der Waals surface area contributed by atoms with Crippen LogP contribution in [0.4, 0.5) is 0 Å². The van der Waals surface area contributed by atoms with Crippen LogP contribution in [0, 0.1) is 0 Å². The van der Waals surface area contributed by atoms with Crippen molar-refractivity contribution >= 4 is 27.6 Å². The molecule has 1 N–H and O–H groups in total. The maximum atomic E-state index is 11.9. The zero-order chi connectivity index (χ0) is 13.1. The summed E-state index contributed by atoms with van der Waals surface area (Å²) in [4.78, 5) is 28.4. The number of benzene rings is 1. The molecule has 0 bridgehead atoms. The maximum Gasteiger partial charge on any atom is 0.259 e. The quantitative estimate of drug-likeness (QED) is 0.687. The molecule has 1 aromatic carbocycles. The van der Waals surface area contributed by atoms with Gasteiger partial charge in [0.05, 0.1) is 5.92 Å². The number of carbonyl (C=O) groups excluding carboxylic acids is 2. The number of nitrogens with one attached hydrogen (secondary N) is 1. The summed E-state index contributed by atoms with van der Waals surface area (Å²) in [6, 6.07) is 5.25. The minimum Gasteiger partial charge on any atom is -0.379 e. The van der Waals surface area contributed by atoms with E-state index in [1.54, 1.807) is 18.2 Å². The number of ketones is 1. The molecular formula is C13H14BrNO3. The van der Waals surface area contributed by atoms with Gasteiger partial charge in [-0.05, 0) is 19.4 Å². The van der Waals surface area contributed by atoms with E-state index in [0.717, 1.165) is 17.3 Å². The van der Waals surface area contributed by atoms with E-state index in [4.69, 9.17) is 4.84 Å². The molecule has 0 aliphatic carbocycles. The first-order chi connectivity index (χ1) is 8.63. The topological polar surface area (TPSA) is 55.4 Å². The Kier molecular flexibility index (Phi) is 4.01. The first kappa shape index (κ1) is 13.1. The van der Waals surface area contributed by atoms with Crippen LogP contribution in [-0.4, -0.2) is 17.0 Å². The highest BCUT2D eigenvalue weighted by atomic mass is 79.9. The first-order valence-electron chi connectivity index (χ1n) is 5.83. The molecule has 4 nitrogen and oxygen atoms in total.